The molecular weight excluding hydrogens is 350 g/mol. The zero-order chi connectivity index (χ0) is 19.4. The van der Waals surface area contributed by atoms with Gasteiger partial charge in [0.15, 0.2) is 5.82 Å². The fourth-order valence-electron chi connectivity index (χ4n) is 2.70. The van der Waals surface area contributed by atoms with Crippen LogP contribution in [-0.4, -0.2) is 51.5 Å². The Morgan fingerprint density at radius 3 is 2.78 bits per heavy atom. The molecule has 0 aliphatic heterocycles. The molecule has 3 aromatic rings. The molecule has 0 aliphatic carbocycles. The number of likely N-dealkylation sites (N-methyl/N-ethyl adjacent to an activating group) is 1. The highest BCUT2D eigenvalue weighted by Gasteiger charge is 2.17. The van der Waals surface area contributed by atoms with Crippen LogP contribution in [-0.2, 0) is 29.0 Å². The lowest BCUT2D eigenvalue weighted by atomic mass is 10.1. The summed E-state index contributed by atoms with van der Waals surface area (Å²) in [7, 11) is 3.21. The standard InChI is InChI=1S/C18H21N5O4/c1-12-13-6-4-5-7-14(13)18(25)23(20-12)11-17(24)22(2)10-16-19-15(21-27-16)8-9-26-3/h4-7H,8-11H2,1-3H3. The van der Waals surface area contributed by atoms with Crippen molar-refractivity contribution in [3.8, 4) is 0 Å². The highest BCUT2D eigenvalue weighted by molar-refractivity contribution is 5.83. The highest BCUT2D eigenvalue weighted by Crippen LogP contribution is 2.12. The number of carbonyl (C=O) groups is 1. The molecule has 0 fully saturated rings. The quantitative estimate of drug-likeness (QED) is 0.609. The van der Waals surface area contributed by atoms with Gasteiger partial charge in [0, 0.05) is 26.0 Å². The number of nitrogens with zero attached hydrogens (tertiary/aromatic N) is 5. The summed E-state index contributed by atoms with van der Waals surface area (Å²) in [5, 5.41) is 9.43. The zero-order valence-electron chi connectivity index (χ0n) is 15.5. The number of ether oxygens (including phenoxy) is 1. The Kier molecular flexibility index (Phi) is 5.60. The van der Waals surface area contributed by atoms with E-state index in [1.807, 2.05) is 19.1 Å². The van der Waals surface area contributed by atoms with Crippen LogP contribution in [0.15, 0.2) is 33.6 Å². The molecule has 0 aliphatic rings. The number of aromatic nitrogens is 4. The minimum absolute atomic E-state index is 0.153. The molecule has 1 amide bonds. The lowest BCUT2D eigenvalue weighted by Crippen LogP contribution is -2.35. The van der Waals surface area contributed by atoms with Gasteiger partial charge in [-0.15, -0.1) is 0 Å². The average molecular weight is 371 g/mol. The molecule has 3 rings (SSSR count). The fraction of sp³-hybridized carbons (Fsp3) is 0.389. The molecule has 0 N–H and O–H groups in total. The second-order valence-electron chi connectivity index (χ2n) is 6.19. The van der Waals surface area contributed by atoms with E-state index in [2.05, 4.69) is 15.2 Å². The van der Waals surface area contributed by atoms with E-state index in [1.165, 1.54) is 9.58 Å². The Hall–Kier alpha value is -3.07. The lowest BCUT2D eigenvalue weighted by Gasteiger charge is -2.15. The summed E-state index contributed by atoms with van der Waals surface area (Å²) in [6.45, 7) is 2.29. The second-order valence-corrected chi connectivity index (χ2v) is 6.19. The van der Waals surface area contributed by atoms with Gasteiger partial charge in [0.2, 0.25) is 11.8 Å². The van der Waals surface area contributed by atoms with E-state index in [0.29, 0.717) is 35.8 Å². The molecule has 0 saturated heterocycles. The first-order chi connectivity index (χ1) is 13.0. The summed E-state index contributed by atoms with van der Waals surface area (Å²) in [4.78, 5) is 30.7. The van der Waals surface area contributed by atoms with Crippen molar-refractivity contribution in [1.82, 2.24) is 24.8 Å². The van der Waals surface area contributed by atoms with Crippen LogP contribution in [0.3, 0.4) is 0 Å². The van der Waals surface area contributed by atoms with Gasteiger partial charge in [0.25, 0.3) is 5.56 Å². The minimum Gasteiger partial charge on any atom is -0.384 e. The number of rotatable bonds is 7. The van der Waals surface area contributed by atoms with Gasteiger partial charge in [0.1, 0.15) is 6.54 Å². The molecule has 2 aromatic heterocycles. The van der Waals surface area contributed by atoms with Gasteiger partial charge in [-0.1, -0.05) is 23.4 Å². The molecule has 0 radical (unpaired) electrons. The number of hydrogen-bond acceptors (Lipinski definition) is 7. The maximum atomic E-state index is 12.6. The topological polar surface area (TPSA) is 103 Å². The summed E-state index contributed by atoms with van der Waals surface area (Å²) < 4.78 is 11.3. The third-order valence-electron chi connectivity index (χ3n) is 4.18. The maximum Gasteiger partial charge on any atom is 0.275 e. The first-order valence-electron chi connectivity index (χ1n) is 8.50. The molecule has 0 spiro atoms. The van der Waals surface area contributed by atoms with Crippen LogP contribution in [0, 0.1) is 6.92 Å². The monoisotopic (exact) mass is 371 g/mol. The van der Waals surface area contributed by atoms with E-state index in [-0.39, 0.29) is 24.6 Å². The molecule has 0 unspecified atom stereocenters. The maximum absolute atomic E-state index is 12.6. The van der Waals surface area contributed by atoms with Crippen LogP contribution in [0.1, 0.15) is 17.4 Å². The number of methoxy groups -OCH3 is 1. The normalized spacial score (nSPS) is 11.1. The van der Waals surface area contributed by atoms with Crippen molar-refractivity contribution in [2.75, 3.05) is 20.8 Å². The molecule has 27 heavy (non-hydrogen) atoms. The summed E-state index contributed by atoms with van der Waals surface area (Å²) >= 11 is 0. The van der Waals surface area contributed by atoms with E-state index in [0.717, 1.165) is 5.39 Å². The molecule has 142 valence electrons. The predicted octanol–water partition coefficient (Wildman–Crippen LogP) is 0.935. The zero-order valence-corrected chi connectivity index (χ0v) is 15.5. The summed E-state index contributed by atoms with van der Waals surface area (Å²) in [5.41, 5.74) is 0.401. The molecule has 0 atom stereocenters. The third-order valence-corrected chi connectivity index (χ3v) is 4.18. The Bertz CT molecular complexity index is 1010. The summed E-state index contributed by atoms with van der Waals surface area (Å²) in [5.74, 6) is 0.568. The summed E-state index contributed by atoms with van der Waals surface area (Å²) in [6.07, 6.45) is 0.535. The molecule has 0 bridgehead atoms. The van der Waals surface area contributed by atoms with Gasteiger partial charge < -0.3 is 14.2 Å². The van der Waals surface area contributed by atoms with Gasteiger partial charge in [-0.2, -0.15) is 10.1 Å². The molecule has 0 saturated carbocycles. The van der Waals surface area contributed by atoms with Crippen molar-refractivity contribution < 1.29 is 14.1 Å². The molecule has 2 heterocycles. The lowest BCUT2D eigenvalue weighted by molar-refractivity contribution is -0.131. The van der Waals surface area contributed by atoms with Crippen molar-refractivity contribution >= 4 is 16.7 Å². The first kappa shape index (κ1) is 18.7. The van der Waals surface area contributed by atoms with Crippen molar-refractivity contribution in [3.63, 3.8) is 0 Å². The van der Waals surface area contributed by atoms with E-state index < -0.39 is 0 Å². The number of hydrogen-bond donors (Lipinski definition) is 0. The van der Waals surface area contributed by atoms with Crippen LogP contribution in [0.25, 0.3) is 10.8 Å². The Morgan fingerprint density at radius 1 is 1.30 bits per heavy atom. The number of carbonyl (C=O) groups excluding carboxylic acids is 1. The minimum atomic E-state index is -0.294. The Morgan fingerprint density at radius 2 is 2.04 bits per heavy atom. The third kappa shape index (κ3) is 4.20. The fourth-order valence-corrected chi connectivity index (χ4v) is 2.70. The largest absolute Gasteiger partial charge is 0.384 e. The molecule has 9 nitrogen and oxygen atoms in total. The SMILES string of the molecule is COCCc1noc(CN(C)C(=O)Cn2nc(C)c3ccccc3c2=O)n1. The predicted molar refractivity (Wildman–Crippen MR) is 97.1 cm³/mol. The number of aryl methyl sites for hydroxylation is 1. The molecular formula is C18H21N5O4. The molecule has 9 heteroatoms. The van der Waals surface area contributed by atoms with Crippen LogP contribution < -0.4 is 5.56 Å². The summed E-state index contributed by atoms with van der Waals surface area (Å²) in [6, 6.07) is 7.22. The van der Waals surface area contributed by atoms with Crippen LogP contribution in [0.4, 0.5) is 0 Å². The van der Waals surface area contributed by atoms with Crippen molar-refractivity contribution in [2.45, 2.75) is 26.4 Å². The van der Waals surface area contributed by atoms with Crippen LogP contribution in [0.2, 0.25) is 0 Å². The van der Waals surface area contributed by atoms with Crippen LogP contribution >= 0.6 is 0 Å². The average Bonchev–Trinajstić information content (AvgIpc) is 3.11. The van der Waals surface area contributed by atoms with Crippen molar-refractivity contribution in [1.29, 1.82) is 0 Å². The highest BCUT2D eigenvalue weighted by atomic mass is 16.5. The van der Waals surface area contributed by atoms with Gasteiger partial charge in [-0.05, 0) is 13.0 Å². The first-order valence-corrected chi connectivity index (χ1v) is 8.50. The Labute approximate surface area is 155 Å². The number of fused-ring (bicyclic) bond motifs is 1. The number of amides is 1. The van der Waals surface area contributed by atoms with E-state index in [9.17, 15) is 9.59 Å². The van der Waals surface area contributed by atoms with Gasteiger partial charge in [-0.25, -0.2) is 4.68 Å². The number of benzene rings is 1. The van der Waals surface area contributed by atoms with Gasteiger partial charge in [-0.3, -0.25) is 9.59 Å². The van der Waals surface area contributed by atoms with Gasteiger partial charge >= 0.3 is 0 Å². The Balaban J connectivity index is 1.71. The molecule has 1 aromatic carbocycles. The van der Waals surface area contributed by atoms with Crippen molar-refractivity contribution in [3.05, 3.63) is 52.0 Å². The van der Waals surface area contributed by atoms with Crippen LogP contribution in [0.5, 0.6) is 0 Å². The van der Waals surface area contributed by atoms with E-state index >= 15 is 0 Å². The van der Waals surface area contributed by atoms with Crippen molar-refractivity contribution in [2.24, 2.45) is 0 Å². The van der Waals surface area contributed by atoms with E-state index in [1.54, 1.807) is 26.3 Å². The van der Waals surface area contributed by atoms with Gasteiger partial charge in [0.05, 0.1) is 24.2 Å². The smallest absolute Gasteiger partial charge is 0.275 e. The second kappa shape index (κ2) is 8.09. The van der Waals surface area contributed by atoms with E-state index in [4.69, 9.17) is 9.26 Å².